The Kier molecular flexibility index (Phi) is 4.89. The monoisotopic (exact) mass is 121 g/mol. The lowest BCUT2D eigenvalue weighted by atomic mass is 10.1. The van der Waals surface area contributed by atoms with Gasteiger partial charge in [-0.25, -0.2) is 0 Å². The molecule has 0 rings (SSSR count). The highest BCUT2D eigenvalue weighted by molar-refractivity contribution is 6.21. The van der Waals surface area contributed by atoms with E-state index in [0.717, 1.165) is 5.60 Å². The van der Waals surface area contributed by atoms with Crippen molar-refractivity contribution in [1.29, 1.82) is 0 Å². The van der Waals surface area contributed by atoms with Crippen LogP contribution in [0.5, 0.6) is 0 Å². The average molecular weight is 121 g/mol. The van der Waals surface area contributed by atoms with Gasteiger partial charge in [0.15, 0.2) is 7.85 Å². The van der Waals surface area contributed by atoms with Crippen molar-refractivity contribution in [2.24, 2.45) is 4.99 Å². The second kappa shape index (κ2) is 5.35. The average Bonchev–Trinajstić information content (AvgIpc) is 1.85. The molecule has 0 saturated carbocycles. The summed E-state index contributed by atoms with van der Waals surface area (Å²) >= 11 is 0. The van der Waals surface area contributed by atoms with Crippen molar-refractivity contribution in [3.8, 4) is 0 Å². The van der Waals surface area contributed by atoms with Gasteiger partial charge in [0.1, 0.15) is 0 Å². The van der Waals surface area contributed by atoms with Crippen LogP contribution in [-0.2, 0) is 0 Å². The molecule has 0 aromatic heterocycles. The van der Waals surface area contributed by atoms with E-state index < -0.39 is 0 Å². The van der Waals surface area contributed by atoms with Crippen LogP contribution in [-0.4, -0.2) is 14.1 Å². The lowest BCUT2D eigenvalue weighted by Gasteiger charge is -1.84. The Morgan fingerprint density at radius 1 is 1.44 bits per heavy atom. The smallest absolute Gasteiger partial charge is 0.163 e. The predicted molar refractivity (Wildman–Crippen MR) is 45.6 cm³/mol. The SMILES string of the molecule is BC(=C/C=C\C)/N=C\C. The summed E-state index contributed by atoms with van der Waals surface area (Å²) in [5.74, 6) is 0. The maximum absolute atomic E-state index is 4.05. The standard InChI is InChI=1S/C7H12BN/c1-3-5-6-7(8)9-4-2/h3-6H,8H2,1-2H3/b5-3-,7-6-,9-4-. The number of nitrogens with zero attached hydrogens (tertiary/aromatic N) is 1. The highest BCUT2D eigenvalue weighted by atomic mass is 14.7. The molecule has 0 spiro atoms. The van der Waals surface area contributed by atoms with Crippen molar-refractivity contribution < 1.29 is 0 Å². The largest absolute Gasteiger partial charge is 0.277 e. The van der Waals surface area contributed by atoms with E-state index in [-0.39, 0.29) is 0 Å². The Morgan fingerprint density at radius 3 is 2.56 bits per heavy atom. The Balaban J connectivity index is 3.84. The Hall–Kier alpha value is -0.785. The maximum Gasteiger partial charge on any atom is 0.163 e. The zero-order valence-corrected chi connectivity index (χ0v) is 6.26. The van der Waals surface area contributed by atoms with Crippen molar-refractivity contribution in [3.05, 3.63) is 23.8 Å². The van der Waals surface area contributed by atoms with Crippen molar-refractivity contribution in [2.75, 3.05) is 0 Å². The summed E-state index contributed by atoms with van der Waals surface area (Å²) in [6, 6.07) is 0. The summed E-state index contributed by atoms with van der Waals surface area (Å²) < 4.78 is 0. The van der Waals surface area contributed by atoms with Crippen LogP contribution in [0.25, 0.3) is 0 Å². The molecule has 0 aliphatic rings. The highest BCUT2D eigenvalue weighted by Gasteiger charge is 1.74. The van der Waals surface area contributed by atoms with E-state index in [9.17, 15) is 0 Å². The summed E-state index contributed by atoms with van der Waals surface area (Å²) in [5.41, 5.74) is 1.04. The molecule has 0 unspecified atom stereocenters. The van der Waals surface area contributed by atoms with Gasteiger partial charge in [0.05, 0.1) is 0 Å². The minimum absolute atomic E-state index is 1.04. The molecule has 0 fully saturated rings. The minimum Gasteiger partial charge on any atom is -0.277 e. The minimum atomic E-state index is 1.04. The molecular weight excluding hydrogens is 109 g/mol. The van der Waals surface area contributed by atoms with Crippen LogP contribution in [0.1, 0.15) is 13.8 Å². The van der Waals surface area contributed by atoms with E-state index in [1.54, 1.807) is 6.21 Å². The summed E-state index contributed by atoms with van der Waals surface area (Å²) in [6.07, 6.45) is 7.71. The fraction of sp³-hybridized carbons (Fsp3) is 0.286. The molecule has 2 heteroatoms. The van der Waals surface area contributed by atoms with E-state index >= 15 is 0 Å². The molecule has 0 amide bonds. The van der Waals surface area contributed by atoms with Crippen molar-refractivity contribution >= 4 is 14.1 Å². The van der Waals surface area contributed by atoms with Crippen LogP contribution < -0.4 is 0 Å². The van der Waals surface area contributed by atoms with Gasteiger partial charge >= 0.3 is 0 Å². The molecule has 0 atom stereocenters. The third-order valence-electron chi connectivity index (χ3n) is 0.863. The van der Waals surface area contributed by atoms with Crippen LogP contribution in [0.3, 0.4) is 0 Å². The normalized spacial score (nSPS) is 13.8. The number of hydrogen-bond acceptors (Lipinski definition) is 1. The summed E-state index contributed by atoms with van der Waals surface area (Å²) in [7, 11) is 1.97. The Morgan fingerprint density at radius 2 is 2.11 bits per heavy atom. The van der Waals surface area contributed by atoms with Crippen molar-refractivity contribution in [2.45, 2.75) is 13.8 Å². The molecule has 1 nitrogen and oxygen atoms in total. The zero-order chi connectivity index (χ0) is 7.11. The van der Waals surface area contributed by atoms with Crippen LogP contribution >= 0.6 is 0 Å². The molecule has 0 heterocycles. The van der Waals surface area contributed by atoms with Gasteiger partial charge in [-0.15, -0.1) is 0 Å². The molecule has 0 aromatic rings. The number of rotatable bonds is 2. The number of hydrogen-bond donors (Lipinski definition) is 0. The van der Waals surface area contributed by atoms with E-state index in [2.05, 4.69) is 4.99 Å². The van der Waals surface area contributed by atoms with E-state index in [1.807, 2.05) is 39.9 Å². The molecule has 0 aromatic carbocycles. The van der Waals surface area contributed by atoms with Crippen LogP contribution in [0.4, 0.5) is 0 Å². The second-order valence-corrected chi connectivity index (χ2v) is 1.72. The Labute approximate surface area is 57.6 Å². The highest BCUT2D eigenvalue weighted by Crippen LogP contribution is 1.87. The molecule has 0 N–H and O–H groups in total. The zero-order valence-electron chi connectivity index (χ0n) is 6.26. The third kappa shape index (κ3) is 5.08. The van der Waals surface area contributed by atoms with Crippen LogP contribution in [0.15, 0.2) is 28.8 Å². The molecule has 48 valence electrons. The maximum atomic E-state index is 4.05. The molecule has 0 aliphatic carbocycles. The second-order valence-electron chi connectivity index (χ2n) is 1.72. The summed E-state index contributed by atoms with van der Waals surface area (Å²) in [4.78, 5) is 4.05. The van der Waals surface area contributed by atoms with Gasteiger partial charge in [0.2, 0.25) is 0 Å². The van der Waals surface area contributed by atoms with Gasteiger partial charge in [0, 0.05) is 6.21 Å². The first-order chi connectivity index (χ1) is 4.31. The molecule has 0 aliphatic heterocycles. The quantitative estimate of drug-likeness (QED) is 0.295. The number of allylic oxidation sites excluding steroid dienone is 3. The molecule has 9 heavy (non-hydrogen) atoms. The first-order valence-corrected chi connectivity index (χ1v) is 3.09. The molecular formula is C7H12BN. The first kappa shape index (κ1) is 8.21. The van der Waals surface area contributed by atoms with Crippen molar-refractivity contribution in [3.63, 3.8) is 0 Å². The lowest BCUT2D eigenvalue weighted by molar-refractivity contribution is 1.51. The summed E-state index contributed by atoms with van der Waals surface area (Å²) in [5, 5.41) is 0. The van der Waals surface area contributed by atoms with E-state index in [1.165, 1.54) is 0 Å². The Bertz CT molecular complexity index is 145. The van der Waals surface area contributed by atoms with E-state index in [4.69, 9.17) is 0 Å². The van der Waals surface area contributed by atoms with Gasteiger partial charge < -0.3 is 0 Å². The van der Waals surface area contributed by atoms with Gasteiger partial charge in [-0.1, -0.05) is 18.2 Å². The van der Waals surface area contributed by atoms with Gasteiger partial charge in [-0.3, -0.25) is 4.99 Å². The summed E-state index contributed by atoms with van der Waals surface area (Å²) in [6.45, 7) is 3.90. The number of aliphatic imine (C=N–C) groups is 1. The first-order valence-electron chi connectivity index (χ1n) is 3.09. The lowest BCUT2D eigenvalue weighted by Crippen LogP contribution is -1.73. The predicted octanol–water partition coefficient (Wildman–Crippen LogP) is 1.13. The van der Waals surface area contributed by atoms with Gasteiger partial charge in [-0.2, -0.15) is 0 Å². The van der Waals surface area contributed by atoms with Crippen molar-refractivity contribution in [1.82, 2.24) is 0 Å². The van der Waals surface area contributed by atoms with E-state index in [0.29, 0.717) is 0 Å². The molecule has 0 radical (unpaired) electrons. The van der Waals surface area contributed by atoms with Crippen LogP contribution in [0.2, 0.25) is 0 Å². The fourth-order valence-electron chi connectivity index (χ4n) is 0.482. The third-order valence-corrected chi connectivity index (χ3v) is 0.863. The fourth-order valence-corrected chi connectivity index (χ4v) is 0.482. The topological polar surface area (TPSA) is 12.4 Å². The molecule has 0 saturated heterocycles. The van der Waals surface area contributed by atoms with Gasteiger partial charge in [-0.05, 0) is 19.4 Å². The molecule has 0 bridgehead atoms. The van der Waals surface area contributed by atoms with Gasteiger partial charge in [0.25, 0.3) is 0 Å². The van der Waals surface area contributed by atoms with Crippen LogP contribution in [0, 0.1) is 0 Å².